The Hall–Kier alpha value is -5.74. The van der Waals surface area contributed by atoms with E-state index < -0.39 is 52.2 Å². The number of thioether (sulfide) groups is 1. The zero-order valence-electron chi connectivity index (χ0n) is 29.4. The van der Waals surface area contributed by atoms with Gasteiger partial charge in [-0.05, 0) is 49.2 Å². The van der Waals surface area contributed by atoms with Crippen molar-refractivity contribution in [2.45, 2.75) is 63.2 Å². The number of fused-ring (bicyclic) bond motifs is 2. The number of β-lactam (4-membered cyclic amide) rings is 1. The summed E-state index contributed by atoms with van der Waals surface area (Å²) in [6.45, 7) is 3.46. The topological polar surface area (TPSA) is 269 Å². The number of anilines is 2. The van der Waals surface area contributed by atoms with Crippen LogP contribution in [0.2, 0.25) is 5.02 Å². The second-order valence-electron chi connectivity index (χ2n) is 13.3. The highest BCUT2D eigenvalue weighted by molar-refractivity contribution is 8.00. The maximum Gasteiger partial charge on any atom is 0.350 e. The summed E-state index contributed by atoms with van der Waals surface area (Å²) in [6.07, 6.45) is 4.29. The Morgan fingerprint density at radius 1 is 1.24 bits per heavy atom. The molecule has 2 unspecified atom stereocenters. The number of halogens is 1. The summed E-state index contributed by atoms with van der Waals surface area (Å²) in [7, 11) is 1.65. The van der Waals surface area contributed by atoms with Crippen molar-refractivity contribution in [3.63, 3.8) is 0 Å². The maximum atomic E-state index is 14.0. The minimum absolute atomic E-state index is 0.0203. The number of carboxylic acid groups (broad SMARTS) is 1. The van der Waals surface area contributed by atoms with Crippen LogP contribution in [0.15, 0.2) is 34.4 Å². The van der Waals surface area contributed by atoms with Crippen molar-refractivity contribution < 1.29 is 43.9 Å². The van der Waals surface area contributed by atoms with Crippen LogP contribution in [-0.4, -0.2) is 102 Å². The number of amides is 3. The fourth-order valence-corrected chi connectivity index (χ4v) is 8.41. The highest BCUT2D eigenvalue weighted by Gasteiger charge is 2.54. The van der Waals surface area contributed by atoms with Gasteiger partial charge in [-0.3, -0.25) is 24.6 Å². The number of nitrogens with one attached hydrogen (secondary N) is 2. The Labute approximate surface area is 324 Å². The predicted molar refractivity (Wildman–Crippen MR) is 197 cm³/mol. The molecule has 0 saturated carbocycles. The van der Waals surface area contributed by atoms with Gasteiger partial charge in [0.05, 0.1) is 22.8 Å². The average Bonchev–Trinajstić information content (AvgIpc) is 3.87. The fraction of sp³-hybridized carbons (Fsp3) is 0.375. The van der Waals surface area contributed by atoms with Crippen LogP contribution in [0, 0.1) is 0 Å². The van der Waals surface area contributed by atoms with E-state index in [9.17, 15) is 34.5 Å². The van der Waals surface area contributed by atoms with Gasteiger partial charge in [0.2, 0.25) is 11.4 Å². The number of nitrogen functional groups attached to an aromatic ring is 1. The number of benzene rings is 1. The van der Waals surface area contributed by atoms with Crippen molar-refractivity contribution in [1.29, 1.82) is 0 Å². The molecule has 0 aliphatic carbocycles. The van der Waals surface area contributed by atoms with E-state index in [-0.39, 0.29) is 27.1 Å². The van der Waals surface area contributed by atoms with Crippen LogP contribution in [0.5, 0.6) is 11.5 Å². The van der Waals surface area contributed by atoms with Crippen molar-refractivity contribution in [3.05, 3.63) is 57.2 Å². The standard InChI is InChI=1S/C32H33ClN12O8S2/c1-32(2,30(51)52)53-39-21(16-13-55-31(34)35-16)27(49)37-22-28(50)45-23(25-38-40-41-42(25)3)14(12-54-29(22)45)10-43-11-18(44-9-5-4-6-19(43)44)36-26(48)15-7-8-17(46)24(47)20(15)33/h7-8,11,13,22,29H,4-6,9-10,12H2,1-3H3,(H6-,34,35,36,37,39,40,41,46,47,48,49,51,52)/p+1. The summed E-state index contributed by atoms with van der Waals surface area (Å²) in [5.74, 6) is -2.06. The van der Waals surface area contributed by atoms with Crippen molar-refractivity contribution in [2.24, 2.45) is 12.2 Å². The van der Waals surface area contributed by atoms with Crippen LogP contribution in [-0.2, 0) is 45.8 Å². The Balaban J connectivity index is 1.17. The van der Waals surface area contributed by atoms with E-state index in [0.29, 0.717) is 42.6 Å². The molecule has 1 saturated heterocycles. The number of phenolic OH excluding ortho intramolecular Hbond substituents is 2. The molecule has 3 aromatic heterocycles. The van der Waals surface area contributed by atoms with Gasteiger partial charge in [-0.25, -0.2) is 23.6 Å². The van der Waals surface area contributed by atoms with Gasteiger partial charge in [0.25, 0.3) is 23.5 Å². The first-order valence-corrected chi connectivity index (χ1v) is 19.0. The molecule has 23 heteroatoms. The number of tetrazole rings is 1. The molecule has 288 valence electrons. The summed E-state index contributed by atoms with van der Waals surface area (Å²) in [4.78, 5) is 63.4. The number of phenols is 2. The molecule has 3 aliphatic rings. The molecule has 1 aromatic carbocycles. The van der Waals surface area contributed by atoms with Crippen LogP contribution in [0.4, 0.5) is 10.9 Å². The van der Waals surface area contributed by atoms with Crippen molar-refractivity contribution in [2.75, 3.05) is 16.8 Å². The first-order chi connectivity index (χ1) is 26.2. The van der Waals surface area contributed by atoms with E-state index in [0.717, 1.165) is 35.6 Å². The van der Waals surface area contributed by atoms with Gasteiger partial charge in [0, 0.05) is 30.2 Å². The van der Waals surface area contributed by atoms with Gasteiger partial charge >= 0.3 is 5.97 Å². The molecule has 3 amide bonds. The third kappa shape index (κ3) is 6.91. The number of aromatic nitrogens is 7. The number of aryl methyl sites for hydroxylation is 1. The van der Waals surface area contributed by atoms with Crippen molar-refractivity contribution >= 4 is 80.7 Å². The van der Waals surface area contributed by atoms with Crippen LogP contribution in [0.3, 0.4) is 0 Å². The molecule has 7 rings (SSSR count). The lowest BCUT2D eigenvalue weighted by atomic mass is 10.0. The SMILES string of the molecule is Cn1nnnc1C1=C(C[n+]2cc(NC(=O)c3ccc(O)c(O)c3Cl)n3c2CCCC3)CSC2C(NC(=O)/C(=N\OC(C)(C)C(=O)O)c3csc(N)n3)C(=O)N12. The second kappa shape index (κ2) is 14.5. The van der Waals surface area contributed by atoms with Crippen LogP contribution < -0.4 is 20.9 Å². The lowest BCUT2D eigenvalue weighted by Crippen LogP contribution is -2.70. The van der Waals surface area contributed by atoms with E-state index in [1.54, 1.807) is 13.2 Å². The highest BCUT2D eigenvalue weighted by Crippen LogP contribution is 2.44. The monoisotopic (exact) mass is 813 g/mol. The molecule has 20 nitrogen and oxygen atoms in total. The van der Waals surface area contributed by atoms with Gasteiger partial charge in [0.15, 0.2) is 34.4 Å². The largest absolute Gasteiger partial charge is 0.504 e. The smallest absolute Gasteiger partial charge is 0.350 e. The van der Waals surface area contributed by atoms with E-state index in [2.05, 4.69) is 36.3 Å². The summed E-state index contributed by atoms with van der Waals surface area (Å²) < 4.78 is 5.44. The molecule has 4 aromatic rings. The Morgan fingerprint density at radius 2 is 2.02 bits per heavy atom. The molecule has 0 bridgehead atoms. The van der Waals surface area contributed by atoms with Gasteiger partial charge in [-0.2, -0.15) is 0 Å². The molecule has 0 spiro atoms. The lowest BCUT2D eigenvalue weighted by Gasteiger charge is -2.50. The summed E-state index contributed by atoms with van der Waals surface area (Å²) in [5.41, 5.74) is 4.96. The van der Waals surface area contributed by atoms with Gasteiger partial charge in [-0.1, -0.05) is 16.8 Å². The highest BCUT2D eigenvalue weighted by atomic mass is 35.5. The normalized spacial score (nSPS) is 18.4. The molecule has 1 fully saturated rings. The Bertz CT molecular complexity index is 2320. The number of hydrogen-bond acceptors (Lipinski definition) is 15. The molecular formula is C32H34ClN12O8S2+. The quantitative estimate of drug-likeness (QED) is 0.0407. The van der Waals surface area contributed by atoms with Gasteiger partial charge in [-0.15, -0.1) is 28.2 Å². The zero-order chi connectivity index (χ0) is 39.3. The molecular weight excluding hydrogens is 780 g/mol. The van der Waals surface area contributed by atoms with E-state index in [1.807, 2.05) is 9.13 Å². The minimum Gasteiger partial charge on any atom is -0.504 e. The zero-order valence-corrected chi connectivity index (χ0v) is 31.8. The number of oxime groups is 1. The number of aromatic hydroxyl groups is 2. The van der Waals surface area contributed by atoms with E-state index in [1.165, 1.54) is 52.7 Å². The first kappa shape index (κ1) is 37.6. The molecule has 6 heterocycles. The van der Waals surface area contributed by atoms with Crippen LogP contribution in [0.25, 0.3) is 5.70 Å². The number of rotatable bonds is 11. The molecule has 3 aliphatic heterocycles. The number of nitrogens with zero attached hydrogens (tertiary/aromatic N) is 9. The Kier molecular flexibility index (Phi) is 9.90. The molecule has 7 N–H and O–H groups in total. The summed E-state index contributed by atoms with van der Waals surface area (Å²) in [6, 6.07) is 1.49. The predicted octanol–water partition coefficient (Wildman–Crippen LogP) is 1.09. The third-order valence-electron chi connectivity index (χ3n) is 9.21. The van der Waals surface area contributed by atoms with E-state index in [4.69, 9.17) is 22.2 Å². The fourth-order valence-electron chi connectivity index (χ4n) is 6.28. The number of carboxylic acids is 1. The van der Waals surface area contributed by atoms with Crippen LogP contribution in [0.1, 0.15) is 54.4 Å². The number of thiazole rings is 1. The number of hydrogen-bond donors (Lipinski definition) is 6. The van der Waals surface area contributed by atoms with Gasteiger partial charge in [0.1, 0.15) is 23.7 Å². The Morgan fingerprint density at radius 3 is 2.71 bits per heavy atom. The van der Waals surface area contributed by atoms with Gasteiger partial charge < -0.3 is 31.2 Å². The number of aliphatic carboxylic acids is 1. The number of imidazole rings is 1. The number of carbonyl (C=O) groups excluding carboxylic acids is 3. The van der Waals surface area contributed by atoms with Crippen molar-refractivity contribution in [3.8, 4) is 11.5 Å². The van der Waals surface area contributed by atoms with Crippen LogP contribution >= 0.6 is 34.7 Å². The average molecular weight is 814 g/mol. The third-order valence-corrected chi connectivity index (χ3v) is 11.6. The second-order valence-corrected chi connectivity index (χ2v) is 15.6. The van der Waals surface area contributed by atoms with E-state index >= 15 is 0 Å². The lowest BCUT2D eigenvalue weighted by molar-refractivity contribution is -0.696. The molecule has 55 heavy (non-hydrogen) atoms. The van der Waals surface area contributed by atoms with Crippen molar-refractivity contribution in [1.82, 2.24) is 40.0 Å². The molecule has 2 atom stereocenters. The molecule has 0 radical (unpaired) electrons. The summed E-state index contributed by atoms with van der Waals surface area (Å²) in [5, 5.41) is 51.6. The number of nitrogens with two attached hydrogens (primary N) is 1. The first-order valence-electron chi connectivity index (χ1n) is 16.7. The minimum atomic E-state index is -1.77. The number of carbonyl (C=O) groups is 4. The summed E-state index contributed by atoms with van der Waals surface area (Å²) >= 11 is 8.63. The maximum absolute atomic E-state index is 14.0.